The monoisotopic (exact) mass is 205 g/mol. The van der Waals surface area contributed by atoms with Gasteiger partial charge in [0.2, 0.25) is 5.88 Å². The maximum atomic E-state index is 12.4. The standard InChI is InChI=1S/C9H10F3NO/c1-2-6-14-8-7(9(10,11)12)4-3-5-13-8/h3-5H,2,6H2,1H3. The lowest BCUT2D eigenvalue weighted by Gasteiger charge is -2.11. The van der Waals surface area contributed by atoms with Gasteiger partial charge in [-0.2, -0.15) is 13.2 Å². The Bertz CT molecular complexity index is 298. The molecule has 0 unspecified atom stereocenters. The molecule has 0 radical (unpaired) electrons. The minimum Gasteiger partial charge on any atom is -0.477 e. The Balaban J connectivity index is 2.92. The minimum absolute atomic E-state index is 0.236. The Morgan fingerprint density at radius 3 is 2.71 bits per heavy atom. The normalized spacial score (nSPS) is 11.4. The first-order chi connectivity index (χ1) is 6.55. The van der Waals surface area contributed by atoms with Crippen LogP contribution in [0.25, 0.3) is 0 Å². The molecule has 1 rings (SSSR count). The number of pyridine rings is 1. The molecule has 0 saturated carbocycles. The molecule has 1 aromatic heterocycles. The highest BCUT2D eigenvalue weighted by Gasteiger charge is 2.34. The summed E-state index contributed by atoms with van der Waals surface area (Å²) in [6, 6.07) is 2.19. The van der Waals surface area contributed by atoms with E-state index < -0.39 is 11.7 Å². The van der Waals surface area contributed by atoms with Gasteiger partial charge < -0.3 is 4.74 Å². The van der Waals surface area contributed by atoms with Crippen molar-refractivity contribution in [2.24, 2.45) is 0 Å². The van der Waals surface area contributed by atoms with Crippen LogP contribution in [-0.4, -0.2) is 11.6 Å². The summed E-state index contributed by atoms with van der Waals surface area (Å²) in [6.45, 7) is 2.05. The maximum absolute atomic E-state index is 12.4. The van der Waals surface area contributed by atoms with Crippen molar-refractivity contribution in [1.29, 1.82) is 0 Å². The van der Waals surface area contributed by atoms with E-state index in [1.54, 1.807) is 0 Å². The molecule has 14 heavy (non-hydrogen) atoms. The highest BCUT2D eigenvalue weighted by Crippen LogP contribution is 2.34. The predicted octanol–water partition coefficient (Wildman–Crippen LogP) is 2.89. The van der Waals surface area contributed by atoms with Crippen LogP contribution in [-0.2, 0) is 6.18 Å². The first-order valence-corrected chi connectivity index (χ1v) is 4.20. The number of rotatable bonds is 3. The van der Waals surface area contributed by atoms with Gasteiger partial charge in [-0.05, 0) is 18.6 Å². The summed E-state index contributed by atoms with van der Waals surface area (Å²) in [5.41, 5.74) is -0.826. The Labute approximate surface area is 79.7 Å². The number of halogens is 3. The van der Waals surface area contributed by atoms with Crippen LogP contribution in [0.1, 0.15) is 18.9 Å². The van der Waals surface area contributed by atoms with Crippen LogP contribution in [0.15, 0.2) is 18.3 Å². The van der Waals surface area contributed by atoms with Crippen molar-refractivity contribution in [3.8, 4) is 5.88 Å². The molecule has 0 aliphatic rings. The fourth-order valence-electron chi connectivity index (χ4n) is 0.920. The van der Waals surface area contributed by atoms with Crippen LogP contribution >= 0.6 is 0 Å². The first-order valence-electron chi connectivity index (χ1n) is 4.20. The van der Waals surface area contributed by atoms with Crippen molar-refractivity contribution >= 4 is 0 Å². The molecule has 0 aliphatic heterocycles. The van der Waals surface area contributed by atoms with Crippen LogP contribution in [0.4, 0.5) is 13.2 Å². The van der Waals surface area contributed by atoms with Gasteiger partial charge >= 0.3 is 6.18 Å². The van der Waals surface area contributed by atoms with Gasteiger partial charge in [0, 0.05) is 6.20 Å². The highest BCUT2D eigenvalue weighted by atomic mass is 19.4. The van der Waals surface area contributed by atoms with E-state index in [0.717, 1.165) is 6.07 Å². The third-order valence-electron chi connectivity index (χ3n) is 1.52. The van der Waals surface area contributed by atoms with E-state index in [9.17, 15) is 13.2 Å². The number of nitrogens with zero attached hydrogens (tertiary/aromatic N) is 1. The summed E-state index contributed by atoms with van der Waals surface area (Å²) < 4.78 is 41.9. The van der Waals surface area contributed by atoms with Crippen LogP contribution in [0.3, 0.4) is 0 Å². The van der Waals surface area contributed by atoms with Crippen LogP contribution in [0.5, 0.6) is 5.88 Å². The lowest BCUT2D eigenvalue weighted by Crippen LogP contribution is -2.10. The number of aromatic nitrogens is 1. The molecule has 0 amide bonds. The molecular formula is C9H10F3NO. The quantitative estimate of drug-likeness (QED) is 0.756. The van der Waals surface area contributed by atoms with E-state index in [2.05, 4.69) is 4.98 Å². The summed E-state index contributed by atoms with van der Waals surface area (Å²) in [6.07, 6.45) is -2.48. The second kappa shape index (κ2) is 4.30. The van der Waals surface area contributed by atoms with Gasteiger partial charge in [-0.25, -0.2) is 4.98 Å². The predicted molar refractivity (Wildman–Crippen MR) is 45.0 cm³/mol. The number of alkyl halides is 3. The van der Waals surface area contributed by atoms with E-state index in [1.165, 1.54) is 12.3 Å². The molecule has 0 spiro atoms. The summed E-state index contributed by atoms with van der Waals surface area (Å²) in [4.78, 5) is 3.54. The summed E-state index contributed by atoms with van der Waals surface area (Å²) in [7, 11) is 0. The first kappa shape index (κ1) is 10.8. The molecule has 78 valence electrons. The van der Waals surface area contributed by atoms with Crippen LogP contribution in [0, 0.1) is 0 Å². The van der Waals surface area contributed by atoms with E-state index in [1.807, 2.05) is 6.92 Å². The largest absolute Gasteiger partial charge is 0.477 e. The van der Waals surface area contributed by atoms with Gasteiger partial charge in [0.25, 0.3) is 0 Å². The molecule has 0 aliphatic carbocycles. The van der Waals surface area contributed by atoms with Gasteiger partial charge in [-0.15, -0.1) is 0 Å². The molecule has 2 nitrogen and oxygen atoms in total. The zero-order valence-electron chi connectivity index (χ0n) is 7.64. The second-order valence-corrected chi connectivity index (χ2v) is 2.70. The number of hydrogen-bond acceptors (Lipinski definition) is 2. The Morgan fingerprint density at radius 2 is 2.14 bits per heavy atom. The van der Waals surface area contributed by atoms with E-state index in [-0.39, 0.29) is 12.5 Å². The highest BCUT2D eigenvalue weighted by molar-refractivity contribution is 5.28. The van der Waals surface area contributed by atoms with Gasteiger partial charge in [0.05, 0.1) is 6.61 Å². The van der Waals surface area contributed by atoms with Gasteiger partial charge in [-0.3, -0.25) is 0 Å². The lowest BCUT2D eigenvalue weighted by atomic mass is 10.2. The van der Waals surface area contributed by atoms with E-state index in [4.69, 9.17) is 4.74 Å². The zero-order valence-corrected chi connectivity index (χ0v) is 7.64. The van der Waals surface area contributed by atoms with Crippen LogP contribution in [0.2, 0.25) is 0 Å². The Hall–Kier alpha value is -1.26. The topological polar surface area (TPSA) is 22.1 Å². The fourth-order valence-corrected chi connectivity index (χ4v) is 0.920. The minimum atomic E-state index is -4.41. The van der Waals surface area contributed by atoms with Crippen molar-refractivity contribution < 1.29 is 17.9 Å². The van der Waals surface area contributed by atoms with Crippen LogP contribution < -0.4 is 4.74 Å². The Kier molecular flexibility index (Phi) is 3.33. The second-order valence-electron chi connectivity index (χ2n) is 2.70. The van der Waals surface area contributed by atoms with E-state index >= 15 is 0 Å². The van der Waals surface area contributed by atoms with Gasteiger partial charge in [0.15, 0.2) is 0 Å². The smallest absolute Gasteiger partial charge is 0.421 e. The third-order valence-corrected chi connectivity index (χ3v) is 1.52. The lowest BCUT2D eigenvalue weighted by molar-refractivity contribution is -0.139. The average molecular weight is 205 g/mol. The summed E-state index contributed by atoms with van der Waals surface area (Å²) in [5.74, 6) is -0.346. The van der Waals surface area contributed by atoms with Gasteiger partial charge in [-0.1, -0.05) is 6.92 Å². The van der Waals surface area contributed by atoms with Crippen molar-refractivity contribution in [3.05, 3.63) is 23.9 Å². The number of ether oxygens (including phenoxy) is 1. The summed E-state index contributed by atoms with van der Waals surface area (Å²) >= 11 is 0. The average Bonchev–Trinajstić information content (AvgIpc) is 2.14. The number of hydrogen-bond donors (Lipinski definition) is 0. The molecule has 5 heteroatoms. The van der Waals surface area contributed by atoms with E-state index in [0.29, 0.717) is 6.42 Å². The van der Waals surface area contributed by atoms with Crippen molar-refractivity contribution in [2.45, 2.75) is 19.5 Å². The molecule has 1 heterocycles. The molecule has 0 atom stereocenters. The van der Waals surface area contributed by atoms with Crippen molar-refractivity contribution in [1.82, 2.24) is 4.98 Å². The van der Waals surface area contributed by atoms with Crippen molar-refractivity contribution in [3.63, 3.8) is 0 Å². The molecule has 0 bridgehead atoms. The Morgan fingerprint density at radius 1 is 1.43 bits per heavy atom. The molecule has 1 aromatic rings. The molecule has 0 aromatic carbocycles. The molecule has 0 fully saturated rings. The molecular weight excluding hydrogens is 195 g/mol. The zero-order chi connectivity index (χ0) is 10.6. The third kappa shape index (κ3) is 2.61. The fraction of sp³-hybridized carbons (Fsp3) is 0.444. The molecule has 0 saturated heterocycles. The maximum Gasteiger partial charge on any atom is 0.421 e. The SMILES string of the molecule is CCCOc1ncccc1C(F)(F)F. The van der Waals surface area contributed by atoms with Gasteiger partial charge in [0.1, 0.15) is 5.56 Å². The summed E-state index contributed by atoms with van der Waals surface area (Å²) in [5, 5.41) is 0. The molecule has 0 N–H and O–H groups in total. The van der Waals surface area contributed by atoms with Crippen molar-refractivity contribution in [2.75, 3.05) is 6.61 Å².